The van der Waals surface area contributed by atoms with E-state index in [2.05, 4.69) is 15.6 Å². The number of aryl methyl sites for hydroxylation is 1. The Morgan fingerprint density at radius 2 is 2.12 bits per heavy atom. The molecule has 1 rings (SSSR count). The van der Waals surface area contributed by atoms with Gasteiger partial charge < -0.3 is 4.74 Å². The molecule has 0 aliphatic rings. The van der Waals surface area contributed by atoms with Gasteiger partial charge in [0.15, 0.2) is 5.69 Å². The van der Waals surface area contributed by atoms with Gasteiger partial charge in [0.25, 0.3) is 0 Å². The minimum atomic E-state index is -0.568. The molecule has 0 N–H and O–H groups in total. The smallest absolute Gasteiger partial charge is 0.358 e. The molecule has 0 fully saturated rings. The summed E-state index contributed by atoms with van der Waals surface area (Å²) in [6.07, 6.45) is 5.21. The van der Waals surface area contributed by atoms with Crippen LogP contribution in [0.1, 0.15) is 35.6 Å². The van der Waals surface area contributed by atoms with Crippen LogP contribution in [0.2, 0.25) is 5.02 Å². The summed E-state index contributed by atoms with van der Waals surface area (Å²) < 4.78 is 4.51. The van der Waals surface area contributed by atoms with Crippen LogP contribution in [-0.4, -0.2) is 18.1 Å². The molecule has 1 aromatic heterocycles. The Morgan fingerprint density at radius 1 is 1.56 bits per heavy atom. The molecule has 0 aliphatic carbocycles. The number of ether oxygens (including phenoxy) is 1. The predicted octanol–water partition coefficient (Wildman–Crippen LogP) is 2.84. The molecule has 0 saturated heterocycles. The summed E-state index contributed by atoms with van der Waals surface area (Å²) in [5.74, 6) is 1.85. The Morgan fingerprint density at radius 3 is 2.56 bits per heavy atom. The number of carbonyl (C=O) groups excluding carboxylic acids is 1. The van der Waals surface area contributed by atoms with Gasteiger partial charge in [0.05, 0.1) is 17.8 Å². The predicted molar refractivity (Wildman–Crippen MR) is 64.6 cm³/mol. The zero-order valence-corrected chi connectivity index (χ0v) is 10.6. The van der Waals surface area contributed by atoms with E-state index < -0.39 is 5.97 Å². The Hall–Kier alpha value is -1.53. The summed E-state index contributed by atoms with van der Waals surface area (Å²) in [4.78, 5) is 15.1. The van der Waals surface area contributed by atoms with Crippen LogP contribution < -0.4 is 0 Å². The van der Waals surface area contributed by atoms with E-state index in [1.807, 2.05) is 13.8 Å². The van der Waals surface area contributed by atoms with E-state index in [-0.39, 0.29) is 10.7 Å². The van der Waals surface area contributed by atoms with Crippen molar-refractivity contribution >= 4 is 17.6 Å². The summed E-state index contributed by atoms with van der Waals surface area (Å²) in [6, 6.07) is 1.52. The second-order valence-electron chi connectivity index (χ2n) is 2.59. The standard InChI is InChI=1S/C10H8ClNO2.C2H6/c1-4-7-5-8(11)9(10(13)14-3)12-6(7)2;1-2/h1,5H,2-3H3;1-2H3. The molecule has 0 aliphatic heterocycles. The van der Waals surface area contributed by atoms with Crippen molar-refractivity contribution in [2.45, 2.75) is 20.8 Å². The Kier molecular flexibility index (Phi) is 6.21. The lowest BCUT2D eigenvalue weighted by Gasteiger charge is -2.04. The first kappa shape index (κ1) is 14.5. The molecule has 3 nitrogen and oxygen atoms in total. The highest BCUT2D eigenvalue weighted by Crippen LogP contribution is 2.18. The van der Waals surface area contributed by atoms with Gasteiger partial charge in [-0.1, -0.05) is 31.4 Å². The van der Waals surface area contributed by atoms with E-state index in [9.17, 15) is 4.79 Å². The van der Waals surface area contributed by atoms with Gasteiger partial charge >= 0.3 is 5.97 Å². The van der Waals surface area contributed by atoms with Crippen molar-refractivity contribution < 1.29 is 9.53 Å². The van der Waals surface area contributed by atoms with Crippen LogP contribution in [0.3, 0.4) is 0 Å². The van der Waals surface area contributed by atoms with E-state index in [1.165, 1.54) is 13.2 Å². The average molecular weight is 240 g/mol. The van der Waals surface area contributed by atoms with E-state index in [1.54, 1.807) is 6.92 Å². The molecule has 0 amide bonds. The molecule has 86 valence electrons. The molecule has 0 bridgehead atoms. The second-order valence-corrected chi connectivity index (χ2v) is 2.99. The largest absolute Gasteiger partial charge is 0.464 e. The van der Waals surface area contributed by atoms with Crippen molar-refractivity contribution in [1.82, 2.24) is 4.98 Å². The second kappa shape index (κ2) is 6.86. The number of nitrogens with zero attached hydrogens (tertiary/aromatic N) is 1. The fourth-order valence-electron chi connectivity index (χ4n) is 0.967. The number of halogens is 1. The van der Waals surface area contributed by atoms with Crippen molar-refractivity contribution in [2.75, 3.05) is 7.11 Å². The molecule has 0 spiro atoms. The minimum absolute atomic E-state index is 0.0886. The summed E-state index contributed by atoms with van der Waals surface area (Å²) in [7, 11) is 1.27. The van der Waals surface area contributed by atoms with Crippen molar-refractivity contribution in [3.8, 4) is 12.3 Å². The van der Waals surface area contributed by atoms with Crippen molar-refractivity contribution in [3.63, 3.8) is 0 Å². The van der Waals surface area contributed by atoms with Crippen molar-refractivity contribution in [2.24, 2.45) is 0 Å². The first-order valence-corrected chi connectivity index (χ1v) is 5.20. The maximum atomic E-state index is 11.2. The lowest BCUT2D eigenvalue weighted by molar-refractivity contribution is 0.0594. The van der Waals surface area contributed by atoms with E-state index in [0.717, 1.165) is 0 Å². The first-order chi connectivity index (χ1) is 7.60. The van der Waals surface area contributed by atoms with Crippen LogP contribution in [-0.2, 0) is 4.74 Å². The first-order valence-electron chi connectivity index (χ1n) is 4.82. The summed E-state index contributed by atoms with van der Waals surface area (Å²) in [5.41, 5.74) is 1.24. The fourth-order valence-corrected chi connectivity index (χ4v) is 1.20. The lowest BCUT2D eigenvalue weighted by Crippen LogP contribution is -2.07. The maximum absolute atomic E-state index is 11.2. The van der Waals surface area contributed by atoms with Gasteiger partial charge in [0.2, 0.25) is 0 Å². The van der Waals surface area contributed by atoms with Gasteiger partial charge in [0, 0.05) is 5.56 Å². The zero-order chi connectivity index (χ0) is 12.7. The molecule has 0 atom stereocenters. The van der Waals surface area contributed by atoms with E-state index in [4.69, 9.17) is 18.0 Å². The number of rotatable bonds is 1. The fraction of sp³-hybridized carbons (Fsp3) is 0.333. The SMILES string of the molecule is C#Cc1cc(Cl)c(C(=O)OC)nc1C.CC. The normalized spacial score (nSPS) is 8.50. The monoisotopic (exact) mass is 239 g/mol. The molecular formula is C12H14ClNO2. The number of esters is 1. The quantitative estimate of drug-likeness (QED) is 0.559. The molecule has 0 saturated carbocycles. The number of methoxy groups -OCH3 is 1. The maximum Gasteiger partial charge on any atom is 0.358 e. The molecule has 0 radical (unpaired) electrons. The Bertz CT molecular complexity index is 422. The number of terminal acetylenes is 1. The third-order valence-corrected chi connectivity index (χ3v) is 1.99. The highest BCUT2D eigenvalue weighted by atomic mass is 35.5. The summed E-state index contributed by atoms with van der Waals surface area (Å²) in [5, 5.41) is 0.204. The topological polar surface area (TPSA) is 39.2 Å². The average Bonchev–Trinajstić information content (AvgIpc) is 2.33. The number of hydrogen-bond donors (Lipinski definition) is 0. The van der Waals surface area contributed by atoms with Crippen molar-refractivity contribution in [1.29, 1.82) is 0 Å². The number of aromatic nitrogens is 1. The van der Waals surface area contributed by atoms with Crippen LogP contribution in [0.5, 0.6) is 0 Å². The molecular weight excluding hydrogens is 226 g/mol. The third-order valence-electron chi connectivity index (χ3n) is 1.70. The molecule has 4 heteroatoms. The summed E-state index contributed by atoms with van der Waals surface area (Å²) in [6.45, 7) is 5.71. The molecule has 16 heavy (non-hydrogen) atoms. The van der Waals surface area contributed by atoms with E-state index in [0.29, 0.717) is 11.3 Å². The Labute approximate surface area is 101 Å². The van der Waals surface area contributed by atoms with Gasteiger partial charge in [-0.15, -0.1) is 6.42 Å². The summed E-state index contributed by atoms with van der Waals surface area (Å²) >= 11 is 5.79. The van der Waals surface area contributed by atoms with Gasteiger partial charge in [-0.05, 0) is 13.0 Å². The van der Waals surface area contributed by atoms with Gasteiger partial charge in [0.1, 0.15) is 0 Å². The lowest BCUT2D eigenvalue weighted by atomic mass is 10.2. The molecule has 1 heterocycles. The van der Waals surface area contributed by atoms with Crippen LogP contribution in [0.4, 0.5) is 0 Å². The van der Waals surface area contributed by atoms with E-state index >= 15 is 0 Å². The van der Waals surface area contributed by atoms with Crippen molar-refractivity contribution in [3.05, 3.63) is 28.0 Å². The number of carbonyl (C=O) groups is 1. The van der Waals surface area contributed by atoms with Gasteiger partial charge in [-0.2, -0.15) is 0 Å². The van der Waals surface area contributed by atoms with Crippen LogP contribution in [0.15, 0.2) is 6.07 Å². The molecule has 1 aromatic rings. The van der Waals surface area contributed by atoms with Gasteiger partial charge in [-0.3, -0.25) is 0 Å². The van der Waals surface area contributed by atoms with Crippen LogP contribution >= 0.6 is 11.6 Å². The Balaban J connectivity index is 0.00000106. The van der Waals surface area contributed by atoms with Gasteiger partial charge in [-0.25, -0.2) is 9.78 Å². The highest BCUT2D eigenvalue weighted by Gasteiger charge is 2.14. The number of hydrogen-bond acceptors (Lipinski definition) is 3. The zero-order valence-electron chi connectivity index (χ0n) is 9.80. The van der Waals surface area contributed by atoms with Crippen LogP contribution in [0.25, 0.3) is 0 Å². The molecule has 0 aromatic carbocycles. The highest BCUT2D eigenvalue weighted by molar-refractivity contribution is 6.33. The molecule has 0 unspecified atom stereocenters. The van der Waals surface area contributed by atoms with Crippen LogP contribution in [0, 0.1) is 19.3 Å². The number of pyridine rings is 1. The third kappa shape index (κ3) is 3.25. The minimum Gasteiger partial charge on any atom is -0.464 e.